The van der Waals surface area contributed by atoms with Crippen molar-refractivity contribution in [2.45, 2.75) is 50.7 Å². The smallest absolute Gasteiger partial charge is 0.319 e. The highest BCUT2D eigenvalue weighted by Gasteiger charge is 2.24. The van der Waals surface area contributed by atoms with Crippen LogP contribution < -0.4 is 15.4 Å². The Hall–Kier alpha value is -1.20. The molecule has 5 heteroatoms. The summed E-state index contributed by atoms with van der Waals surface area (Å²) in [5, 5.41) is 6.62. The average molecular weight is 319 g/mol. The number of rotatable bonds is 5. The molecular formula is C17H25N3OS. The molecular weight excluding hydrogens is 294 g/mol. The fourth-order valence-corrected chi connectivity index (χ4v) is 4.20. The lowest BCUT2D eigenvalue weighted by Crippen LogP contribution is -2.28. The van der Waals surface area contributed by atoms with Crippen LogP contribution in [0.25, 0.3) is 0 Å². The number of nitrogens with one attached hydrogen (secondary N) is 3. The Labute approximate surface area is 137 Å². The van der Waals surface area contributed by atoms with Crippen LogP contribution >= 0.6 is 11.9 Å². The van der Waals surface area contributed by atoms with Gasteiger partial charge in [0.15, 0.2) is 0 Å². The number of fused-ring (bicyclic) bond motifs is 2. The Bertz CT molecular complexity index is 541. The molecule has 0 bridgehead atoms. The molecule has 1 aromatic rings. The first-order valence-corrected chi connectivity index (χ1v) is 9.10. The minimum atomic E-state index is -0.0950. The summed E-state index contributed by atoms with van der Waals surface area (Å²) in [6.07, 6.45) is 6.94. The van der Waals surface area contributed by atoms with E-state index in [4.69, 9.17) is 0 Å². The van der Waals surface area contributed by atoms with Crippen LogP contribution in [-0.2, 0) is 25.7 Å². The first-order chi connectivity index (χ1) is 10.7. The molecule has 0 saturated heterocycles. The van der Waals surface area contributed by atoms with Crippen molar-refractivity contribution in [1.82, 2.24) is 10.0 Å². The Balaban J connectivity index is 1.71. The number of urea groups is 1. The maximum atomic E-state index is 12.3. The lowest BCUT2D eigenvalue weighted by Gasteiger charge is -2.17. The van der Waals surface area contributed by atoms with Gasteiger partial charge < -0.3 is 10.6 Å². The number of hydrogen-bond donors (Lipinski definition) is 3. The average Bonchev–Trinajstić information content (AvgIpc) is 3.13. The molecule has 2 aliphatic rings. The monoisotopic (exact) mass is 319 g/mol. The fourth-order valence-electron chi connectivity index (χ4n) is 3.59. The van der Waals surface area contributed by atoms with E-state index in [9.17, 15) is 4.79 Å². The molecule has 0 fully saturated rings. The molecule has 0 radical (unpaired) electrons. The molecule has 120 valence electrons. The minimum Gasteiger partial charge on any atom is -0.319 e. The maximum Gasteiger partial charge on any atom is 0.329 e. The Kier molecular flexibility index (Phi) is 4.93. The number of carbonyl (C=O) groups excluding carboxylic acids is 1. The fraction of sp³-hybridized carbons (Fsp3) is 0.588. The van der Waals surface area contributed by atoms with E-state index < -0.39 is 0 Å². The van der Waals surface area contributed by atoms with E-state index in [1.54, 1.807) is 0 Å². The maximum absolute atomic E-state index is 12.3. The van der Waals surface area contributed by atoms with Crippen molar-refractivity contribution in [3.05, 3.63) is 28.3 Å². The molecule has 0 spiro atoms. The molecule has 1 unspecified atom stereocenters. The predicted molar refractivity (Wildman–Crippen MR) is 93.6 cm³/mol. The van der Waals surface area contributed by atoms with E-state index in [2.05, 4.69) is 28.3 Å². The van der Waals surface area contributed by atoms with Gasteiger partial charge in [0.25, 0.3) is 0 Å². The van der Waals surface area contributed by atoms with Gasteiger partial charge in [0.05, 0.1) is 0 Å². The number of aryl methyl sites for hydroxylation is 2. The third kappa shape index (κ3) is 3.25. The highest BCUT2D eigenvalue weighted by molar-refractivity contribution is 7.98. The normalized spacial score (nSPS) is 17.0. The van der Waals surface area contributed by atoms with Crippen molar-refractivity contribution in [2.24, 2.45) is 0 Å². The lowest BCUT2D eigenvalue weighted by atomic mass is 9.99. The SMILES string of the molecule is CNCC(C)SNC(=O)Nc1c2c(cc3c1CCC3)CCC2. The highest BCUT2D eigenvalue weighted by Crippen LogP contribution is 2.38. The van der Waals surface area contributed by atoms with Gasteiger partial charge in [0, 0.05) is 17.5 Å². The minimum absolute atomic E-state index is 0.0950. The Morgan fingerprint density at radius 1 is 1.18 bits per heavy atom. The number of hydrogen-bond acceptors (Lipinski definition) is 3. The molecule has 2 aliphatic carbocycles. The molecule has 0 saturated carbocycles. The molecule has 1 aromatic carbocycles. The third-order valence-electron chi connectivity index (χ3n) is 4.56. The summed E-state index contributed by atoms with van der Waals surface area (Å²) in [7, 11) is 1.92. The van der Waals surface area contributed by atoms with E-state index in [1.165, 1.54) is 47.0 Å². The van der Waals surface area contributed by atoms with Gasteiger partial charge in [-0.2, -0.15) is 0 Å². The lowest BCUT2D eigenvalue weighted by molar-refractivity contribution is 0.257. The van der Waals surface area contributed by atoms with Crippen LogP contribution in [0.15, 0.2) is 6.07 Å². The zero-order valence-corrected chi connectivity index (χ0v) is 14.2. The molecule has 1 atom stereocenters. The summed E-state index contributed by atoms with van der Waals surface area (Å²) in [5.74, 6) is 0. The van der Waals surface area contributed by atoms with Crippen molar-refractivity contribution in [3.63, 3.8) is 0 Å². The molecule has 0 aliphatic heterocycles. The molecule has 0 heterocycles. The first kappa shape index (κ1) is 15.7. The molecule has 3 N–H and O–H groups in total. The van der Waals surface area contributed by atoms with Gasteiger partial charge in [-0.05, 0) is 79.8 Å². The van der Waals surface area contributed by atoms with E-state index in [0.717, 1.165) is 37.9 Å². The second kappa shape index (κ2) is 6.92. The second-order valence-corrected chi connectivity index (χ2v) is 7.52. The van der Waals surface area contributed by atoms with E-state index >= 15 is 0 Å². The summed E-state index contributed by atoms with van der Waals surface area (Å²) in [6.45, 7) is 2.97. The zero-order valence-electron chi connectivity index (χ0n) is 13.4. The topological polar surface area (TPSA) is 53.2 Å². The van der Waals surface area contributed by atoms with Crippen LogP contribution in [0.3, 0.4) is 0 Å². The van der Waals surface area contributed by atoms with E-state index in [-0.39, 0.29) is 6.03 Å². The molecule has 2 amide bonds. The third-order valence-corrected chi connectivity index (χ3v) is 5.43. The summed E-state index contributed by atoms with van der Waals surface area (Å²) >= 11 is 1.47. The van der Waals surface area contributed by atoms with Crippen molar-refractivity contribution >= 4 is 23.7 Å². The standard InChI is InChI=1S/C17H25N3OS/c1-11(10-18-2)22-20-17(21)19-16-14-7-3-5-12(14)9-13-6-4-8-15(13)16/h9,11,18H,3-8,10H2,1-2H3,(H2,19,20,21). The summed E-state index contributed by atoms with van der Waals surface area (Å²) in [6, 6.07) is 2.29. The molecule has 0 aromatic heterocycles. The quantitative estimate of drug-likeness (QED) is 0.731. The van der Waals surface area contributed by atoms with Gasteiger partial charge in [-0.1, -0.05) is 13.0 Å². The first-order valence-electron chi connectivity index (χ1n) is 8.22. The zero-order chi connectivity index (χ0) is 15.5. The highest BCUT2D eigenvalue weighted by atomic mass is 32.2. The van der Waals surface area contributed by atoms with Crippen LogP contribution in [0.5, 0.6) is 0 Å². The van der Waals surface area contributed by atoms with Gasteiger partial charge in [0.1, 0.15) is 0 Å². The number of anilines is 1. The van der Waals surface area contributed by atoms with E-state index in [1.807, 2.05) is 7.05 Å². The summed E-state index contributed by atoms with van der Waals surface area (Å²) < 4.78 is 2.92. The van der Waals surface area contributed by atoms with Gasteiger partial charge in [-0.15, -0.1) is 0 Å². The largest absolute Gasteiger partial charge is 0.329 e. The molecule has 4 nitrogen and oxygen atoms in total. The Morgan fingerprint density at radius 2 is 1.82 bits per heavy atom. The molecule has 3 rings (SSSR count). The predicted octanol–water partition coefficient (Wildman–Crippen LogP) is 3.04. The van der Waals surface area contributed by atoms with Gasteiger partial charge in [0.2, 0.25) is 0 Å². The van der Waals surface area contributed by atoms with Gasteiger partial charge >= 0.3 is 6.03 Å². The van der Waals surface area contributed by atoms with Crippen molar-refractivity contribution < 1.29 is 4.79 Å². The second-order valence-electron chi connectivity index (χ2n) is 6.28. The number of benzene rings is 1. The number of amides is 2. The summed E-state index contributed by atoms with van der Waals surface area (Å²) in [5.41, 5.74) is 6.77. The van der Waals surface area contributed by atoms with Crippen LogP contribution in [0.2, 0.25) is 0 Å². The van der Waals surface area contributed by atoms with Gasteiger partial charge in [-0.25, -0.2) is 4.79 Å². The van der Waals surface area contributed by atoms with Crippen molar-refractivity contribution in [1.29, 1.82) is 0 Å². The summed E-state index contributed by atoms with van der Waals surface area (Å²) in [4.78, 5) is 12.3. The molecule has 22 heavy (non-hydrogen) atoms. The van der Waals surface area contributed by atoms with Crippen LogP contribution in [0.4, 0.5) is 10.5 Å². The van der Waals surface area contributed by atoms with E-state index in [0.29, 0.717) is 5.25 Å². The number of carbonyl (C=O) groups is 1. The van der Waals surface area contributed by atoms with Crippen molar-refractivity contribution in [2.75, 3.05) is 18.9 Å². The van der Waals surface area contributed by atoms with Crippen LogP contribution in [0.1, 0.15) is 42.0 Å². The van der Waals surface area contributed by atoms with Crippen molar-refractivity contribution in [3.8, 4) is 0 Å². The Morgan fingerprint density at radius 3 is 2.41 bits per heavy atom. The van der Waals surface area contributed by atoms with Crippen LogP contribution in [0, 0.1) is 0 Å². The van der Waals surface area contributed by atoms with Gasteiger partial charge in [-0.3, -0.25) is 4.72 Å². The van der Waals surface area contributed by atoms with Crippen LogP contribution in [-0.4, -0.2) is 24.9 Å².